The molecule has 106 valence electrons. The average molecular weight is 286 g/mol. The lowest BCUT2D eigenvalue weighted by molar-refractivity contribution is -0.966. The van der Waals surface area contributed by atoms with Crippen molar-refractivity contribution in [1.82, 2.24) is 0 Å². The Kier molecular flexibility index (Phi) is 2.73. The molecule has 2 aromatic heterocycles. The molecule has 4 heterocycles. The second-order valence-corrected chi connectivity index (χ2v) is 5.57. The third-order valence-electron chi connectivity index (χ3n) is 4.46. The van der Waals surface area contributed by atoms with E-state index in [0.717, 1.165) is 0 Å². The predicted octanol–water partition coefficient (Wildman–Crippen LogP) is 3.02. The summed E-state index contributed by atoms with van der Waals surface area (Å²) in [6, 6.07) is 12.6. The summed E-state index contributed by atoms with van der Waals surface area (Å²) in [5, 5.41) is 0. The van der Waals surface area contributed by atoms with Crippen LogP contribution in [0.4, 0.5) is 0 Å². The highest BCUT2D eigenvalue weighted by Crippen LogP contribution is 2.38. The van der Waals surface area contributed by atoms with Crippen molar-refractivity contribution in [2.24, 2.45) is 0 Å². The first-order chi connectivity index (χ1) is 10.8. The van der Waals surface area contributed by atoms with Gasteiger partial charge in [-0.2, -0.15) is 0 Å². The molecule has 2 aliphatic rings. The lowest BCUT2D eigenvalue weighted by atomic mass is 9.92. The molecule has 0 fully saturated rings. The standard InChI is InChI=1S/C20H18N2/c1-3-9-17-15-19-11-6-8-13-22(19)20(17)16(4-2)14-18-10-5-7-12-21(18)20/h3-15H,2H2,1H3/q+2. The molecule has 0 amide bonds. The minimum Gasteiger partial charge on any atom is -0.126 e. The number of hydrogen-bond donors (Lipinski definition) is 0. The second kappa shape index (κ2) is 4.63. The van der Waals surface area contributed by atoms with Crippen molar-refractivity contribution in [3.05, 3.63) is 96.1 Å². The molecule has 2 aliphatic heterocycles. The summed E-state index contributed by atoms with van der Waals surface area (Å²) in [5.41, 5.74) is 4.48. The van der Waals surface area contributed by atoms with Gasteiger partial charge in [-0.1, -0.05) is 18.7 Å². The van der Waals surface area contributed by atoms with E-state index >= 15 is 0 Å². The largest absolute Gasteiger partial charge is 0.416 e. The maximum Gasteiger partial charge on any atom is 0.416 e. The van der Waals surface area contributed by atoms with Crippen molar-refractivity contribution in [3.8, 4) is 0 Å². The quantitative estimate of drug-likeness (QED) is 0.750. The fraction of sp³-hybridized carbons (Fsp3) is 0.100. The number of rotatable bonds is 2. The van der Waals surface area contributed by atoms with Gasteiger partial charge in [-0.05, 0) is 25.1 Å². The number of hydrogen-bond acceptors (Lipinski definition) is 0. The van der Waals surface area contributed by atoms with Crippen molar-refractivity contribution in [2.45, 2.75) is 12.6 Å². The van der Waals surface area contributed by atoms with Crippen LogP contribution in [0.5, 0.6) is 0 Å². The van der Waals surface area contributed by atoms with Crippen LogP contribution < -0.4 is 9.13 Å². The summed E-state index contributed by atoms with van der Waals surface area (Å²) in [6.07, 6.45) is 15.0. The number of fused-ring (bicyclic) bond motifs is 4. The summed E-state index contributed by atoms with van der Waals surface area (Å²) in [7, 11) is 0. The Labute approximate surface area is 130 Å². The molecular formula is C20H18N2+2. The average Bonchev–Trinajstić information content (AvgIpc) is 3.06. The van der Waals surface area contributed by atoms with Crippen molar-refractivity contribution >= 4 is 12.2 Å². The van der Waals surface area contributed by atoms with Crippen LogP contribution >= 0.6 is 0 Å². The second-order valence-electron chi connectivity index (χ2n) is 5.57. The first-order valence-corrected chi connectivity index (χ1v) is 7.54. The van der Waals surface area contributed by atoms with E-state index in [1.54, 1.807) is 0 Å². The van der Waals surface area contributed by atoms with Gasteiger partial charge in [-0.15, -0.1) is 9.13 Å². The SMILES string of the molecule is C=CC1=Cc2cccc[n+]2C12C(C=CC)=Cc1cccc[n+]12. The zero-order chi connectivity index (χ0) is 15.2. The van der Waals surface area contributed by atoms with Crippen LogP contribution in [0.2, 0.25) is 0 Å². The number of aromatic nitrogens is 2. The summed E-state index contributed by atoms with van der Waals surface area (Å²) in [4.78, 5) is 0. The predicted molar refractivity (Wildman–Crippen MR) is 87.6 cm³/mol. The monoisotopic (exact) mass is 286 g/mol. The topological polar surface area (TPSA) is 7.76 Å². The van der Waals surface area contributed by atoms with Crippen molar-refractivity contribution in [3.63, 3.8) is 0 Å². The van der Waals surface area contributed by atoms with E-state index in [1.165, 1.54) is 22.5 Å². The van der Waals surface area contributed by atoms with Gasteiger partial charge in [0.25, 0.3) is 0 Å². The minimum absolute atomic E-state index is 0.360. The van der Waals surface area contributed by atoms with E-state index in [0.29, 0.717) is 0 Å². The molecule has 0 bridgehead atoms. The van der Waals surface area contributed by atoms with Crippen LogP contribution in [0.3, 0.4) is 0 Å². The fourth-order valence-electron chi connectivity index (χ4n) is 3.64. The first kappa shape index (κ1) is 13.0. The van der Waals surface area contributed by atoms with Crippen molar-refractivity contribution < 1.29 is 9.13 Å². The van der Waals surface area contributed by atoms with E-state index in [1.807, 2.05) is 6.08 Å². The Balaban J connectivity index is 2.13. The maximum absolute atomic E-state index is 4.07. The lowest BCUT2D eigenvalue weighted by Gasteiger charge is -2.19. The molecule has 0 aromatic carbocycles. The fourth-order valence-corrected chi connectivity index (χ4v) is 3.64. The van der Waals surface area contributed by atoms with Crippen LogP contribution in [0, 0.1) is 0 Å². The molecule has 0 saturated carbocycles. The maximum atomic E-state index is 4.07. The van der Waals surface area contributed by atoms with Gasteiger partial charge in [0.05, 0.1) is 0 Å². The van der Waals surface area contributed by atoms with Crippen LogP contribution in [0.1, 0.15) is 18.3 Å². The molecule has 2 aromatic rings. The molecule has 0 radical (unpaired) electrons. The molecule has 1 unspecified atom stereocenters. The first-order valence-electron chi connectivity index (χ1n) is 7.54. The van der Waals surface area contributed by atoms with Gasteiger partial charge in [-0.3, -0.25) is 0 Å². The summed E-state index contributed by atoms with van der Waals surface area (Å²) in [6.45, 7) is 6.13. The molecule has 2 heteroatoms. The van der Waals surface area contributed by atoms with Gasteiger partial charge in [0.2, 0.25) is 11.4 Å². The molecule has 0 saturated heterocycles. The molecule has 22 heavy (non-hydrogen) atoms. The van der Waals surface area contributed by atoms with Gasteiger partial charge in [0, 0.05) is 36.4 Å². The van der Waals surface area contributed by atoms with E-state index in [-0.39, 0.29) is 5.66 Å². The number of nitrogens with zero attached hydrogens (tertiary/aromatic N) is 2. The smallest absolute Gasteiger partial charge is 0.126 e. The minimum atomic E-state index is -0.360. The molecule has 1 spiro atoms. The van der Waals surface area contributed by atoms with Gasteiger partial charge in [0.15, 0.2) is 12.4 Å². The van der Waals surface area contributed by atoms with E-state index in [4.69, 9.17) is 0 Å². The van der Waals surface area contributed by atoms with Gasteiger partial charge in [0.1, 0.15) is 11.1 Å². The Hall–Kier alpha value is -2.74. The number of allylic oxidation sites excluding steroid dienone is 5. The summed E-state index contributed by atoms with van der Waals surface area (Å²) in [5.74, 6) is 0. The molecule has 0 N–H and O–H groups in total. The zero-order valence-corrected chi connectivity index (χ0v) is 12.6. The van der Waals surface area contributed by atoms with Gasteiger partial charge < -0.3 is 0 Å². The third-order valence-corrected chi connectivity index (χ3v) is 4.46. The Morgan fingerprint density at radius 2 is 1.50 bits per heavy atom. The van der Waals surface area contributed by atoms with Gasteiger partial charge in [-0.25, -0.2) is 0 Å². The lowest BCUT2D eigenvalue weighted by Crippen LogP contribution is -2.72. The zero-order valence-electron chi connectivity index (χ0n) is 12.6. The van der Waals surface area contributed by atoms with Crippen molar-refractivity contribution in [1.29, 1.82) is 0 Å². The van der Waals surface area contributed by atoms with Gasteiger partial charge >= 0.3 is 5.66 Å². The van der Waals surface area contributed by atoms with Crippen LogP contribution in [0.25, 0.3) is 12.2 Å². The molecule has 1 atom stereocenters. The number of pyridine rings is 2. The molecule has 0 aliphatic carbocycles. The highest BCUT2D eigenvalue weighted by atomic mass is 15.3. The molecule has 4 rings (SSSR count). The summed E-state index contributed by atoms with van der Waals surface area (Å²) >= 11 is 0. The summed E-state index contributed by atoms with van der Waals surface area (Å²) < 4.78 is 4.65. The van der Waals surface area contributed by atoms with Crippen LogP contribution in [0.15, 0.2) is 84.7 Å². The molecular weight excluding hydrogens is 268 g/mol. The Bertz CT molecular complexity index is 858. The van der Waals surface area contributed by atoms with Crippen LogP contribution in [-0.4, -0.2) is 0 Å². The molecule has 2 nitrogen and oxygen atoms in total. The Morgan fingerprint density at radius 1 is 0.909 bits per heavy atom. The van der Waals surface area contributed by atoms with Crippen LogP contribution in [-0.2, 0) is 5.66 Å². The van der Waals surface area contributed by atoms with E-state index < -0.39 is 0 Å². The third kappa shape index (κ3) is 1.44. The normalized spacial score (nSPS) is 21.7. The van der Waals surface area contributed by atoms with E-state index in [2.05, 4.69) is 95.7 Å². The highest BCUT2D eigenvalue weighted by molar-refractivity contribution is 5.65. The van der Waals surface area contributed by atoms with E-state index in [9.17, 15) is 0 Å². The Morgan fingerprint density at radius 3 is 2.05 bits per heavy atom. The highest BCUT2D eigenvalue weighted by Gasteiger charge is 2.63. The van der Waals surface area contributed by atoms with Crippen molar-refractivity contribution in [2.75, 3.05) is 0 Å².